The highest BCUT2D eigenvalue weighted by molar-refractivity contribution is 5.81. The standard InChI is InChI=1S/C13H22N2O3/c1-3-15(8(2)6-12(16)17)13(18)10-7-9-4-5-11(10)14-9/h8-11,14H,3-7H2,1-2H3,(H,16,17). The van der Waals surface area contributed by atoms with Crippen molar-refractivity contribution in [2.24, 2.45) is 5.92 Å². The van der Waals surface area contributed by atoms with Crippen LogP contribution in [0.1, 0.15) is 39.5 Å². The van der Waals surface area contributed by atoms with E-state index in [9.17, 15) is 9.59 Å². The largest absolute Gasteiger partial charge is 0.481 e. The topological polar surface area (TPSA) is 69.6 Å². The van der Waals surface area contributed by atoms with Crippen molar-refractivity contribution in [1.29, 1.82) is 0 Å². The van der Waals surface area contributed by atoms with Gasteiger partial charge in [0.05, 0.1) is 12.3 Å². The molecule has 0 aromatic heterocycles. The van der Waals surface area contributed by atoms with Crippen molar-refractivity contribution in [3.8, 4) is 0 Å². The summed E-state index contributed by atoms with van der Waals surface area (Å²) in [5.41, 5.74) is 0. The van der Waals surface area contributed by atoms with E-state index in [0.29, 0.717) is 18.6 Å². The Kier molecular flexibility index (Phi) is 3.90. The lowest BCUT2D eigenvalue weighted by Gasteiger charge is -2.32. The second kappa shape index (κ2) is 5.26. The molecule has 18 heavy (non-hydrogen) atoms. The van der Waals surface area contributed by atoms with Gasteiger partial charge in [-0.05, 0) is 33.1 Å². The molecule has 2 rings (SSSR count). The smallest absolute Gasteiger partial charge is 0.305 e. The Morgan fingerprint density at radius 2 is 2.17 bits per heavy atom. The number of aliphatic carboxylic acids is 1. The van der Waals surface area contributed by atoms with Gasteiger partial charge in [-0.15, -0.1) is 0 Å². The zero-order chi connectivity index (χ0) is 13.3. The molecule has 0 radical (unpaired) electrons. The average Bonchev–Trinajstić information content (AvgIpc) is 2.90. The average molecular weight is 254 g/mol. The van der Waals surface area contributed by atoms with Gasteiger partial charge in [0.15, 0.2) is 0 Å². The van der Waals surface area contributed by atoms with E-state index in [1.807, 2.05) is 13.8 Å². The minimum atomic E-state index is -0.847. The second-order valence-electron chi connectivity index (χ2n) is 5.46. The molecule has 0 aromatic rings. The molecule has 102 valence electrons. The van der Waals surface area contributed by atoms with Crippen molar-refractivity contribution in [2.45, 2.75) is 57.7 Å². The van der Waals surface area contributed by atoms with E-state index in [-0.39, 0.29) is 24.3 Å². The molecule has 4 atom stereocenters. The first-order chi connectivity index (χ1) is 8.52. The number of carbonyl (C=O) groups is 2. The molecule has 0 saturated carbocycles. The quantitative estimate of drug-likeness (QED) is 0.762. The Morgan fingerprint density at radius 3 is 2.61 bits per heavy atom. The number of fused-ring (bicyclic) bond motifs is 2. The number of nitrogens with one attached hydrogen (secondary N) is 1. The van der Waals surface area contributed by atoms with E-state index >= 15 is 0 Å². The van der Waals surface area contributed by atoms with Gasteiger partial charge in [0, 0.05) is 24.7 Å². The summed E-state index contributed by atoms with van der Waals surface area (Å²) in [5, 5.41) is 12.3. The van der Waals surface area contributed by atoms with Crippen LogP contribution in [0, 0.1) is 5.92 Å². The second-order valence-corrected chi connectivity index (χ2v) is 5.46. The Hall–Kier alpha value is -1.10. The van der Waals surface area contributed by atoms with Crippen LogP contribution in [0.25, 0.3) is 0 Å². The Morgan fingerprint density at radius 1 is 1.44 bits per heavy atom. The van der Waals surface area contributed by atoms with Crippen LogP contribution in [0.15, 0.2) is 0 Å². The summed E-state index contributed by atoms with van der Waals surface area (Å²) in [4.78, 5) is 25.0. The molecule has 2 aliphatic rings. The molecule has 2 heterocycles. The number of carboxylic acids is 1. The van der Waals surface area contributed by atoms with Gasteiger partial charge < -0.3 is 15.3 Å². The minimum absolute atomic E-state index is 0.0217. The highest BCUT2D eigenvalue weighted by atomic mass is 16.4. The van der Waals surface area contributed by atoms with E-state index < -0.39 is 5.97 Å². The molecule has 2 saturated heterocycles. The van der Waals surface area contributed by atoms with E-state index in [2.05, 4.69) is 5.32 Å². The van der Waals surface area contributed by atoms with Crippen LogP contribution in [-0.2, 0) is 9.59 Å². The van der Waals surface area contributed by atoms with Gasteiger partial charge in [-0.25, -0.2) is 0 Å². The van der Waals surface area contributed by atoms with E-state index in [1.165, 1.54) is 6.42 Å². The summed E-state index contributed by atoms with van der Waals surface area (Å²) >= 11 is 0. The van der Waals surface area contributed by atoms with Crippen molar-refractivity contribution in [3.63, 3.8) is 0 Å². The number of nitrogens with zero attached hydrogens (tertiary/aromatic N) is 1. The number of carbonyl (C=O) groups excluding carboxylic acids is 1. The monoisotopic (exact) mass is 254 g/mol. The first kappa shape index (κ1) is 13.3. The number of rotatable bonds is 5. The lowest BCUT2D eigenvalue weighted by Crippen LogP contribution is -2.45. The molecule has 5 heteroatoms. The molecule has 0 aliphatic carbocycles. The fraction of sp³-hybridized carbons (Fsp3) is 0.846. The van der Waals surface area contributed by atoms with Crippen LogP contribution in [0.2, 0.25) is 0 Å². The highest BCUT2D eigenvalue weighted by Crippen LogP contribution is 2.34. The fourth-order valence-electron chi connectivity index (χ4n) is 3.36. The zero-order valence-corrected chi connectivity index (χ0v) is 11.1. The first-order valence-corrected chi connectivity index (χ1v) is 6.81. The summed E-state index contributed by atoms with van der Waals surface area (Å²) in [6.45, 7) is 4.31. The third kappa shape index (κ3) is 2.51. The van der Waals surface area contributed by atoms with Gasteiger partial charge >= 0.3 is 5.97 Å². The van der Waals surface area contributed by atoms with Gasteiger partial charge in [0.1, 0.15) is 0 Å². The van der Waals surface area contributed by atoms with Gasteiger partial charge in [0.2, 0.25) is 5.91 Å². The maximum absolute atomic E-state index is 12.5. The molecule has 5 nitrogen and oxygen atoms in total. The molecule has 2 aliphatic heterocycles. The third-order valence-corrected chi connectivity index (χ3v) is 4.24. The maximum atomic E-state index is 12.5. The SMILES string of the molecule is CCN(C(=O)C1CC2CCC1N2)C(C)CC(=O)O. The van der Waals surface area contributed by atoms with Crippen LogP contribution in [0.3, 0.4) is 0 Å². The molecule has 2 N–H and O–H groups in total. The van der Waals surface area contributed by atoms with Gasteiger partial charge in [-0.1, -0.05) is 0 Å². The summed E-state index contributed by atoms with van der Waals surface area (Å²) < 4.78 is 0. The summed E-state index contributed by atoms with van der Waals surface area (Å²) in [6, 6.07) is 0.588. The Balaban J connectivity index is 1.99. The summed E-state index contributed by atoms with van der Waals surface area (Å²) in [5.74, 6) is -0.661. The molecule has 2 fully saturated rings. The third-order valence-electron chi connectivity index (χ3n) is 4.24. The normalized spacial score (nSPS) is 31.3. The van der Waals surface area contributed by atoms with Gasteiger partial charge in [-0.3, -0.25) is 9.59 Å². The first-order valence-electron chi connectivity index (χ1n) is 6.81. The molecular weight excluding hydrogens is 232 g/mol. The van der Waals surface area contributed by atoms with Crippen LogP contribution >= 0.6 is 0 Å². The molecule has 0 spiro atoms. The summed E-state index contributed by atoms with van der Waals surface area (Å²) in [6.07, 6.45) is 3.19. The molecule has 2 bridgehead atoms. The zero-order valence-electron chi connectivity index (χ0n) is 11.1. The number of amides is 1. The maximum Gasteiger partial charge on any atom is 0.305 e. The van der Waals surface area contributed by atoms with E-state index in [1.54, 1.807) is 4.90 Å². The van der Waals surface area contributed by atoms with Crippen molar-refractivity contribution >= 4 is 11.9 Å². The molecule has 4 unspecified atom stereocenters. The van der Waals surface area contributed by atoms with Gasteiger partial charge in [-0.2, -0.15) is 0 Å². The number of hydrogen-bond donors (Lipinski definition) is 2. The van der Waals surface area contributed by atoms with Crippen molar-refractivity contribution in [1.82, 2.24) is 10.2 Å². The van der Waals surface area contributed by atoms with Crippen LogP contribution in [0.4, 0.5) is 0 Å². The minimum Gasteiger partial charge on any atom is -0.481 e. The van der Waals surface area contributed by atoms with Crippen molar-refractivity contribution in [2.75, 3.05) is 6.54 Å². The van der Waals surface area contributed by atoms with Crippen molar-refractivity contribution < 1.29 is 14.7 Å². The number of carboxylic acid groups (broad SMARTS) is 1. The predicted molar refractivity (Wildman–Crippen MR) is 67.2 cm³/mol. The van der Waals surface area contributed by atoms with Crippen LogP contribution in [0.5, 0.6) is 0 Å². The lowest BCUT2D eigenvalue weighted by atomic mass is 9.87. The Labute approximate surface area is 108 Å². The predicted octanol–water partition coefficient (Wildman–Crippen LogP) is 0.839. The van der Waals surface area contributed by atoms with Crippen molar-refractivity contribution in [3.05, 3.63) is 0 Å². The van der Waals surface area contributed by atoms with E-state index in [4.69, 9.17) is 5.11 Å². The molecular formula is C13H22N2O3. The number of hydrogen-bond acceptors (Lipinski definition) is 3. The fourth-order valence-corrected chi connectivity index (χ4v) is 3.36. The van der Waals surface area contributed by atoms with Crippen LogP contribution in [-0.4, -0.2) is 46.6 Å². The Bertz CT molecular complexity index is 345. The highest BCUT2D eigenvalue weighted by Gasteiger charge is 2.44. The van der Waals surface area contributed by atoms with Gasteiger partial charge in [0.25, 0.3) is 0 Å². The summed E-state index contributed by atoms with van der Waals surface area (Å²) in [7, 11) is 0. The van der Waals surface area contributed by atoms with E-state index in [0.717, 1.165) is 12.8 Å². The molecule has 1 amide bonds. The lowest BCUT2D eigenvalue weighted by molar-refractivity contribution is -0.142. The van der Waals surface area contributed by atoms with Crippen LogP contribution < -0.4 is 5.32 Å². The molecule has 0 aromatic carbocycles.